The van der Waals surface area contributed by atoms with Gasteiger partial charge in [0.25, 0.3) is 0 Å². The first-order valence-electron chi connectivity index (χ1n) is 35.8. The minimum absolute atomic E-state index is 0.0131. The predicted octanol–water partition coefficient (Wildman–Crippen LogP) is 8.69. The highest BCUT2D eigenvalue weighted by Gasteiger charge is 2.56. The van der Waals surface area contributed by atoms with Crippen LogP contribution in [0.25, 0.3) is 45.0 Å². The van der Waals surface area contributed by atoms with Crippen molar-refractivity contribution in [3.05, 3.63) is 142 Å². The SMILES string of the molecule is Cc1cc(F)c(-c2cc(C(C)(C)S(C)(=O)=O)nc(N3CCOCC3)n2)cn1.Cc1cc(F)c(-c2cc(C(C)(C)S(C)(=O)=O)nc(N3CCOC[C@@H]3C)n2)cn1.Cc1cc(F)c(-c2cc(C3(S(C)(=O)=O)CC3)nc(N3CCOCC3)n2)cn1.Cc1cc(F)c(-c2cc(C3(S(C)(=O)=O)CC3)nc(N3CCOC[C@@H]3C)n2)cn1. The molecule has 4 aliphatic heterocycles. The van der Waals surface area contributed by atoms with Crippen LogP contribution >= 0.6 is 0 Å². The van der Waals surface area contributed by atoms with Crippen molar-refractivity contribution < 1.29 is 70.2 Å². The summed E-state index contributed by atoms with van der Waals surface area (Å²) in [4.78, 5) is 60.8. The third-order valence-corrected chi connectivity index (χ3v) is 28.8. The smallest absolute Gasteiger partial charge is 0.226 e. The van der Waals surface area contributed by atoms with Gasteiger partial charge in [0, 0.05) is 112 Å². The summed E-state index contributed by atoms with van der Waals surface area (Å²) in [7, 11) is -13.7. The monoisotopic (exact) mass is 1600 g/mol. The Balaban J connectivity index is 0.000000145. The second kappa shape index (κ2) is 32.3. The number of anilines is 4. The zero-order valence-electron chi connectivity index (χ0n) is 64.0. The van der Waals surface area contributed by atoms with Gasteiger partial charge in [-0.25, -0.2) is 91.1 Å². The molecule has 36 heteroatoms. The lowest BCUT2D eigenvalue weighted by molar-refractivity contribution is 0.0980. The number of hydrogen-bond donors (Lipinski definition) is 0. The molecule has 0 N–H and O–H groups in total. The number of halogens is 4. The Hall–Kier alpha value is -8.52. The molecule has 8 aromatic heterocycles. The van der Waals surface area contributed by atoms with Gasteiger partial charge in [-0.3, -0.25) is 19.9 Å². The number of sulfone groups is 4. The van der Waals surface area contributed by atoms with E-state index < -0.39 is 81.6 Å². The summed E-state index contributed by atoms with van der Waals surface area (Å²) in [5, 5.41) is 0. The lowest BCUT2D eigenvalue weighted by Crippen LogP contribution is -2.45. The summed E-state index contributed by atoms with van der Waals surface area (Å²) in [5.74, 6) is -0.277. The Morgan fingerprint density at radius 2 is 0.655 bits per heavy atom. The number of pyridine rings is 4. The maximum atomic E-state index is 14.6. The van der Waals surface area contributed by atoms with Crippen molar-refractivity contribution >= 4 is 63.1 Å². The normalized spacial score (nSPS) is 18.7. The summed E-state index contributed by atoms with van der Waals surface area (Å²) in [5.41, 5.74) is 5.91. The van der Waals surface area contributed by atoms with Crippen molar-refractivity contribution in [2.24, 2.45) is 0 Å². The second-order valence-electron chi connectivity index (χ2n) is 29.5. The molecule has 0 radical (unpaired) electrons. The molecular formula is C74H92F4N16O12S4. The number of nitrogens with zero attached hydrogens (tertiary/aromatic N) is 16. The molecule has 0 aromatic carbocycles. The van der Waals surface area contributed by atoms with Crippen molar-refractivity contribution in [3.63, 3.8) is 0 Å². The second-order valence-corrected chi connectivity index (χ2v) is 39.3. The van der Waals surface area contributed by atoms with Crippen molar-refractivity contribution in [3.8, 4) is 45.0 Å². The van der Waals surface area contributed by atoms with Gasteiger partial charge in [0.15, 0.2) is 39.3 Å². The molecule has 6 aliphatic rings. The molecule has 0 amide bonds. The van der Waals surface area contributed by atoms with Crippen molar-refractivity contribution in [2.45, 2.75) is 126 Å². The van der Waals surface area contributed by atoms with Crippen LogP contribution in [0.15, 0.2) is 73.3 Å². The Kier molecular flexibility index (Phi) is 24.2. The third kappa shape index (κ3) is 18.0. The van der Waals surface area contributed by atoms with E-state index in [4.69, 9.17) is 18.9 Å². The minimum atomic E-state index is -3.48. The molecular weight excluding hydrogens is 1510 g/mol. The highest BCUT2D eigenvalue weighted by Crippen LogP contribution is 2.54. The molecule has 2 aliphatic carbocycles. The molecule has 592 valence electrons. The van der Waals surface area contributed by atoms with Gasteiger partial charge in [0.1, 0.15) is 42.3 Å². The molecule has 110 heavy (non-hydrogen) atoms. The van der Waals surface area contributed by atoms with Gasteiger partial charge >= 0.3 is 0 Å². The molecule has 6 fully saturated rings. The third-order valence-electron chi connectivity index (χ3n) is 20.6. The van der Waals surface area contributed by atoms with Crippen LogP contribution in [0.5, 0.6) is 0 Å². The largest absolute Gasteiger partial charge is 0.378 e. The first-order chi connectivity index (χ1) is 51.6. The summed E-state index contributed by atoms with van der Waals surface area (Å²) in [6.07, 6.45) is 12.5. The van der Waals surface area contributed by atoms with E-state index >= 15 is 0 Å². The lowest BCUT2D eigenvalue weighted by Gasteiger charge is -2.34. The van der Waals surface area contributed by atoms with Gasteiger partial charge in [-0.15, -0.1) is 0 Å². The van der Waals surface area contributed by atoms with Crippen molar-refractivity contribution in [1.29, 1.82) is 0 Å². The maximum absolute atomic E-state index is 14.6. The fourth-order valence-corrected chi connectivity index (χ4v) is 16.2. The number of aromatic nitrogens is 12. The number of rotatable bonds is 16. The topological polar surface area (TPSA) is 341 Å². The zero-order valence-corrected chi connectivity index (χ0v) is 67.3. The molecule has 0 bridgehead atoms. The summed E-state index contributed by atoms with van der Waals surface area (Å²) in [6, 6.07) is 11.6. The number of aryl methyl sites for hydroxylation is 4. The van der Waals surface area contributed by atoms with Crippen LogP contribution in [0.3, 0.4) is 0 Å². The van der Waals surface area contributed by atoms with E-state index in [9.17, 15) is 51.2 Å². The molecule has 0 unspecified atom stereocenters. The van der Waals surface area contributed by atoms with E-state index in [-0.39, 0.29) is 34.3 Å². The summed E-state index contributed by atoms with van der Waals surface area (Å²) in [6.45, 7) is 24.9. The quantitative estimate of drug-likeness (QED) is 0.0816. The van der Waals surface area contributed by atoms with Gasteiger partial charge in [-0.05, 0) is 143 Å². The van der Waals surface area contributed by atoms with E-state index in [2.05, 4.69) is 59.8 Å². The van der Waals surface area contributed by atoms with Crippen LogP contribution in [-0.2, 0) is 77.3 Å². The fourth-order valence-electron chi connectivity index (χ4n) is 12.6. The van der Waals surface area contributed by atoms with Crippen LogP contribution in [0, 0.1) is 51.0 Å². The van der Waals surface area contributed by atoms with Crippen LogP contribution in [-0.4, -0.2) is 223 Å². The number of hydrogen-bond acceptors (Lipinski definition) is 28. The van der Waals surface area contributed by atoms with Crippen LogP contribution < -0.4 is 19.6 Å². The van der Waals surface area contributed by atoms with E-state index in [1.807, 2.05) is 33.4 Å². The van der Waals surface area contributed by atoms with Gasteiger partial charge < -0.3 is 38.5 Å². The molecule has 8 aromatic rings. The first kappa shape index (κ1) is 82.4. The summed E-state index contributed by atoms with van der Waals surface area (Å²) < 4.78 is 174. The van der Waals surface area contributed by atoms with E-state index in [1.54, 1.807) is 67.5 Å². The minimum Gasteiger partial charge on any atom is -0.378 e. The van der Waals surface area contributed by atoms with Gasteiger partial charge in [0.05, 0.1) is 133 Å². The van der Waals surface area contributed by atoms with Crippen LogP contribution in [0.1, 0.15) is 113 Å². The standard InChI is InChI=1S/C19H23FN4O3S.C19H25FN4O3S.C18H21FN4O3S.C18H23FN4O3S/c1-12-8-15(20)14(10-21-12)16-9-17(19(4-5-19)28(3,25)26)23-18(22-16)24-6-7-27-11-13(24)2;1-12-8-15(20)14(10-21-12)16-9-17(19(3,4)28(5,25)26)23-18(22-16)24-6-7-27-11-13(24)2;1-12-9-14(19)13(11-20-12)15-10-16(18(3-4-18)27(2,24)25)22-17(21-15)23-5-7-26-8-6-23;1-12-9-14(19)13(11-20-12)15-10-16(18(2,3)27(4,24)25)22-17(21-15)23-5-7-26-8-6-23/h8-10,13H,4-7,11H2,1-3H3;8-10,13H,6-7,11H2,1-5H3;9-11H,3-8H2,1-2H3;9-11H,5-8H2,1-4H3/t2*13-;;/m00../s1. The van der Waals surface area contributed by atoms with Gasteiger partial charge in [-0.2, -0.15) is 0 Å². The Bertz CT molecular complexity index is 4950. The van der Waals surface area contributed by atoms with E-state index in [0.717, 1.165) is 6.26 Å². The first-order valence-corrected chi connectivity index (χ1v) is 43.4. The molecule has 12 heterocycles. The van der Waals surface area contributed by atoms with Gasteiger partial charge in [-0.1, -0.05) is 0 Å². The number of morpholine rings is 4. The Morgan fingerprint density at radius 3 is 0.945 bits per heavy atom. The average molecular weight is 1600 g/mol. The zero-order chi connectivity index (χ0) is 79.8. The molecule has 2 atom stereocenters. The highest BCUT2D eigenvalue weighted by molar-refractivity contribution is 7.92. The summed E-state index contributed by atoms with van der Waals surface area (Å²) >= 11 is 0. The molecule has 0 spiro atoms. The Morgan fingerprint density at radius 1 is 0.382 bits per heavy atom. The van der Waals surface area contributed by atoms with Crippen LogP contribution in [0.2, 0.25) is 0 Å². The van der Waals surface area contributed by atoms with Gasteiger partial charge in [0.2, 0.25) is 23.8 Å². The van der Waals surface area contributed by atoms with Crippen LogP contribution in [0.4, 0.5) is 41.4 Å². The fraction of sp³-hybridized carbons (Fsp3) is 0.514. The Labute approximate surface area is 639 Å². The molecule has 28 nitrogen and oxygen atoms in total. The molecule has 2 saturated carbocycles. The van der Waals surface area contributed by atoms with Crippen molar-refractivity contribution in [2.75, 3.05) is 137 Å². The lowest BCUT2D eigenvalue weighted by atomic mass is 10.1. The number of ether oxygens (including phenoxy) is 4. The van der Waals surface area contributed by atoms with E-state index in [1.165, 1.54) is 80.0 Å². The van der Waals surface area contributed by atoms with E-state index in [0.29, 0.717) is 210 Å². The molecule has 4 saturated heterocycles. The maximum Gasteiger partial charge on any atom is 0.226 e. The molecule has 14 rings (SSSR count). The highest BCUT2D eigenvalue weighted by atomic mass is 32.2. The predicted molar refractivity (Wildman–Crippen MR) is 408 cm³/mol. The van der Waals surface area contributed by atoms with Crippen molar-refractivity contribution in [1.82, 2.24) is 59.8 Å². The average Bonchev–Trinajstić information content (AvgIpc) is 1.58.